The molecule has 0 saturated carbocycles. The van der Waals surface area contributed by atoms with E-state index in [2.05, 4.69) is 49.9 Å². The van der Waals surface area contributed by atoms with Gasteiger partial charge in [0.1, 0.15) is 0 Å². The van der Waals surface area contributed by atoms with Crippen LogP contribution < -0.4 is 0 Å². The van der Waals surface area contributed by atoms with Crippen molar-refractivity contribution < 1.29 is 0 Å². The molecule has 0 saturated heterocycles. The standard InChI is InChI=1S/C13H14/c1-3-13(2)9-8-11-6-4-5-7-12(11)10-13/h3-9H,1,10H2,2H3. The molecule has 1 aliphatic carbocycles. The summed E-state index contributed by atoms with van der Waals surface area (Å²) in [5, 5.41) is 0. The molecule has 13 heavy (non-hydrogen) atoms. The van der Waals surface area contributed by atoms with Crippen LogP contribution in [0.15, 0.2) is 43.0 Å². The predicted molar refractivity (Wildman–Crippen MR) is 57.5 cm³/mol. The molecule has 1 unspecified atom stereocenters. The largest absolute Gasteiger partial charge is 0.102 e. The molecule has 1 aromatic carbocycles. The number of allylic oxidation sites excluding steroid dienone is 2. The molecule has 0 heterocycles. The molecule has 0 spiro atoms. The van der Waals surface area contributed by atoms with E-state index in [1.54, 1.807) is 0 Å². The van der Waals surface area contributed by atoms with Crippen LogP contribution >= 0.6 is 0 Å². The normalized spacial score (nSPS) is 25.3. The second-order valence-corrected chi connectivity index (χ2v) is 3.92. The number of hydrogen-bond acceptors (Lipinski definition) is 0. The Kier molecular flexibility index (Phi) is 1.84. The molecule has 0 aliphatic heterocycles. The van der Waals surface area contributed by atoms with Crippen molar-refractivity contribution in [3.63, 3.8) is 0 Å². The van der Waals surface area contributed by atoms with Gasteiger partial charge in [-0.15, -0.1) is 6.58 Å². The van der Waals surface area contributed by atoms with Crippen LogP contribution in [0, 0.1) is 5.41 Å². The first-order valence-electron chi connectivity index (χ1n) is 4.64. The van der Waals surface area contributed by atoms with Crippen LogP contribution in [0.25, 0.3) is 6.08 Å². The average Bonchev–Trinajstić information content (AvgIpc) is 2.18. The summed E-state index contributed by atoms with van der Waals surface area (Å²) in [7, 11) is 0. The van der Waals surface area contributed by atoms with Gasteiger partial charge in [0.15, 0.2) is 0 Å². The number of benzene rings is 1. The quantitative estimate of drug-likeness (QED) is 0.566. The van der Waals surface area contributed by atoms with Gasteiger partial charge in [-0.3, -0.25) is 0 Å². The van der Waals surface area contributed by atoms with Crippen LogP contribution in [-0.4, -0.2) is 0 Å². The summed E-state index contributed by atoms with van der Waals surface area (Å²) >= 11 is 0. The topological polar surface area (TPSA) is 0 Å². The lowest BCUT2D eigenvalue weighted by Crippen LogP contribution is -2.16. The Morgan fingerprint density at radius 1 is 1.38 bits per heavy atom. The Morgan fingerprint density at radius 2 is 2.15 bits per heavy atom. The molecule has 0 bridgehead atoms. The van der Waals surface area contributed by atoms with E-state index in [9.17, 15) is 0 Å². The van der Waals surface area contributed by atoms with Gasteiger partial charge in [0.2, 0.25) is 0 Å². The molecule has 2 rings (SSSR count). The summed E-state index contributed by atoms with van der Waals surface area (Å²) in [6.07, 6.45) is 7.53. The van der Waals surface area contributed by atoms with Gasteiger partial charge in [0.25, 0.3) is 0 Å². The summed E-state index contributed by atoms with van der Waals surface area (Å²) in [4.78, 5) is 0. The van der Waals surface area contributed by atoms with Crippen molar-refractivity contribution in [3.8, 4) is 0 Å². The Balaban J connectivity index is 2.44. The lowest BCUT2D eigenvalue weighted by atomic mass is 9.78. The van der Waals surface area contributed by atoms with Crippen molar-refractivity contribution in [2.24, 2.45) is 5.41 Å². The molecular formula is C13H14. The highest BCUT2D eigenvalue weighted by Gasteiger charge is 2.21. The second kappa shape index (κ2) is 2.88. The molecule has 0 aromatic heterocycles. The van der Waals surface area contributed by atoms with Crippen LogP contribution in [0.4, 0.5) is 0 Å². The molecule has 0 amide bonds. The maximum Gasteiger partial charge on any atom is 0.00739 e. The third-order valence-corrected chi connectivity index (χ3v) is 2.74. The predicted octanol–water partition coefficient (Wildman–Crippen LogP) is 3.45. The zero-order valence-electron chi connectivity index (χ0n) is 7.96. The SMILES string of the molecule is C=CC1(C)C=Cc2ccccc2C1. The van der Waals surface area contributed by atoms with Crippen molar-refractivity contribution in [1.82, 2.24) is 0 Å². The van der Waals surface area contributed by atoms with Crippen molar-refractivity contribution in [3.05, 3.63) is 54.1 Å². The zero-order valence-corrected chi connectivity index (χ0v) is 7.96. The number of rotatable bonds is 1. The van der Waals surface area contributed by atoms with Gasteiger partial charge in [0.05, 0.1) is 0 Å². The maximum absolute atomic E-state index is 3.88. The van der Waals surface area contributed by atoms with E-state index in [-0.39, 0.29) is 5.41 Å². The first kappa shape index (κ1) is 8.31. The lowest BCUT2D eigenvalue weighted by molar-refractivity contribution is 0.546. The minimum Gasteiger partial charge on any atom is -0.102 e. The van der Waals surface area contributed by atoms with Gasteiger partial charge < -0.3 is 0 Å². The summed E-state index contributed by atoms with van der Waals surface area (Å²) in [5.41, 5.74) is 2.92. The third-order valence-electron chi connectivity index (χ3n) is 2.74. The highest BCUT2D eigenvalue weighted by molar-refractivity contribution is 5.58. The molecule has 1 atom stereocenters. The van der Waals surface area contributed by atoms with Crippen LogP contribution in [0.5, 0.6) is 0 Å². The lowest BCUT2D eigenvalue weighted by Gasteiger charge is -2.26. The minimum absolute atomic E-state index is 0.147. The van der Waals surface area contributed by atoms with Gasteiger partial charge in [-0.2, -0.15) is 0 Å². The molecule has 66 valence electrons. The van der Waals surface area contributed by atoms with E-state index in [0.717, 1.165) is 6.42 Å². The first-order chi connectivity index (χ1) is 6.23. The van der Waals surface area contributed by atoms with E-state index in [1.807, 2.05) is 6.08 Å². The fraction of sp³-hybridized carbons (Fsp3) is 0.231. The third kappa shape index (κ3) is 1.44. The Bertz CT molecular complexity index is 360. The average molecular weight is 170 g/mol. The van der Waals surface area contributed by atoms with Crippen LogP contribution in [0.1, 0.15) is 18.1 Å². The minimum atomic E-state index is 0.147. The van der Waals surface area contributed by atoms with E-state index >= 15 is 0 Å². The molecule has 0 nitrogen and oxygen atoms in total. The second-order valence-electron chi connectivity index (χ2n) is 3.92. The Morgan fingerprint density at radius 3 is 2.92 bits per heavy atom. The van der Waals surface area contributed by atoms with Gasteiger partial charge in [-0.25, -0.2) is 0 Å². The molecule has 0 radical (unpaired) electrons. The van der Waals surface area contributed by atoms with Crippen molar-refractivity contribution in [2.45, 2.75) is 13.3 Å². The highest BCUT2D eigenvalue weighted by atomic mass is 14.2. The zero-order chi connectivity index (χ0) is 9.31. The van der Waals surface area contributed by atoms with Crippen molar-refractivity contribution >= 4 is 6.08 Å². The van der Waals surface area contributed by atoms with E-state index < -0.39 is 0 Å². The Hall–Kier alpha value is -1.30. The van der Waals surface area contributed by atoms with E-state index in [1.165, 1.54) is 11.1 Å². The van der Waals surface area contributed by atoms with Gasteiger partial charge in [0, 0.05) is 5.41 Å². The molecular weight excluding hydrogens is 156 g/mol. The van der Waals surface area contributed by atoms with Crippen LogP contribution in [-0.2, 0) is 6.42 Å². The fourth-order valence-corrected chi connectivity index (χ4v) is 1.75. The first-order valence-corrected chi connectivity index (χ1v) is 4.64. The summed E-state index contributed by atoms with van der Waals surface area (Å²) in [6, 6.07) is 8.54. The van der Waals surface area contributed by atoms with Gasteiger partial charge >= 0.3 is 0 Å². The van der Waals surface area contributed by atoms with Gasteiger partial charge in [-0.1, -0.05) is 49.4 Å². The van der Waals surface area contributed by atoms with Crippen molar-refractivity contribution in [2.75, 3.05) is 0 Å². The molecule has 1 aliphatic rings. The molecule has 0 heteroatoms. The highest BCUT2D eigenvalue weighted by Crippen LogP contribution is 2.32. The van der Waals surface area contributed by atoms with E-state index in [4.69, 9.17) is 0 Å². The van der Waals surface area contributed by atoms with Crippen LogP contribution in [0.3, 0.4) is 0 Å². The smallest absolute Gasteiger partial charge is 0.00739 e. The summed E-state index contributed by atoms with van der Waals surface area (Å²) in [5.74, 6) is 0. The number of hydrogen-bond donors (Lipinski definition) is 0. The van der Waals surface area contributed by atoms with Crippen LogP contribution in [0.2, 0.25) is 0 Å². The van der Waals surface area contributed by atoms with Gasteiger partial charge in [-0.05, 0) is 17.5 Å². The number of fused-ring (bicyclic) bond motifs is 1. The molecule has 0 N–H and O–H groups in total. The summed E-state index contributed by atoms with van der Waals surface area (Å²) in [6.45, 7) is 6.09. The Labute approximate surface area is 79.6 Å². The molecule has 0 fully saturated rings. The molecule has 1 aromatic rings. The van der Waals surface area contributed by atoms with Crippen molar-refractivity contribution in [1.29, 1.82) is 0 Å². The monoisotopic (exact) mass is 170 g/mol. The maximum atomic E-state index is 3.88. The summed E-state index contributed by atoms with van der Waals surface area (Å²) < 4.78 is 0. The fourth-order valence-electron chi connectivity index (χ4n) is 1.75. The van der Waals surface area contributed by atoms with E-state index in [0.29, 0.717) is 0 Å².